The summed E-state index contributed by atoms with van der Waals surface area (Å²) in [4.78, 5) is 10.9. The van der Waals surface area contributed by atoms with Crippen LogP contribution < -0.4 is 0 Å². The topological polar surface area (TPSA) is 20.3 Å². The molecular formula is C5H6F3NO. The molecule has 0 atom stereocenters. The predicted octanol–water partition coefficient (Wildman–Crippen LogP) is 0.637. The van der Waals surface area contributed by atoms with Gasteiger partial charge in [0.1, 0.15) is 0 Å². The van der Waals surface area contributed by atoms with E-state index in [1.54, 1.807) is 0 Å². The molecule has 0 N–H and O–H groups in total. The number of hydrogen-bond acceptors (Lipinski definition) is 1. The quantitative estimate of drug-likeness (QED) is 0.506. The molecule has 0 aliphatic carbocycles. The van der Waals surface area contributed by atoms with Crippen molar-refractivity contribution in [3.8, 4) is 0 Å². The van der Waals surface area contributed by atoms with E-state index in [1.165, 1.54) is 0 Å². The molecule has 1 fully saturated rings. The Morgan fingerprint density at radius 2 is 1.90 bits per heavy atom. The number of likely N-dealkylation sites (tertiary alicyclic amines) is 1. The van der Waals surface area contributed by atoms with Gasteiger partial charge in [0.15, 0.2) is 0 Å². The van der Waals surface area contributed by atoms with Crippen molar-refractivity contribution in [2.75, 3.05) is 13.1 Å². The van der Waals surface area contributed by atoms with E-state index in [4.69, 9.17) is 0 Å². The van der Waals surface area contributed by atoms with Crippen LogP contribution in [-0.4, -0.2) is 30.6 Å². The van der Waals surface area contributed by atoms with Crippen molar-refractivity contribution in [3.05, 3.63) is 0 Å². The van der Waals surface area contributed by atoms with E-state index in [0.29, 0.717) is 6.41 Å². The summed E-state index contributed by atoms with van der Waals surface area (Å²) in [6, 6.07) is 0. The standard InChI is InChI=1S/C5H6F3NO/c6-5(7,8)4-1-9(2-4)3-10/h3-4H,1-2H2. The highest BCUT2D eigenvalue weighted by molar-refractivity contribution is 5.48. The van der Waals surface area contributed by atoms with E-state index in [1.807, 2.05) is 0 Å². The Hall–Kier alpha value is -0.740. The summed E-state index contributed by atoms with van der Waals surface area (Å²) in [7, 11) is 0. The third-order valence-electron chi connectivity index (χ3n) is 1.52. The normalized spacial score (nSPS) is 20.5. The Morgan fingerprint density at radius 1 is 1.40 bits per heavy atom. The number of hydrogen-bond donors (Lipinski definition) is 0. The van der Waals surface area contributed by atoms with E-state index in [2.05, 4.69) is 0 Å². The average Bonchev–Trinajstić information content (AvgIpc) is 1.57. The van der Waals surface area contributed by atoms with Crippen molar-refractivity contribution >= 4 is 6.41 Å². The Morgan fingerprint density at radius 3 is 2.20 bits per heavy atom. The summed E-state index contributed by atoms with van der Waals surface area (Å²) in [5.41, 5.74) is 0. The lowest BCUT2D eigenvalue weighted by atomic mass is 10.0. The summed E-state index contributed by atoms with van der Waals surface area (Å²) in [6.07, 6.45) is -3.69. The lowest BCUT2D eigenvalue weighted by Gasteiger charge is -2.37. The van der Waals surface area contributed by atoms with Gasteiger partial charge in [-0.05, 0) is 0 Å². The first kappa shape index (κ1) is 7.37. The molecule has 10 heavy (non-hydrogen) atoms. The first-order chi connectivity index (χ1) is 4.54. The van der Waals surface area contributed by atoms with E-state index < -0.39 is 12.1 Å². The van der Waals surface area contributed by atoms with Gasteiger partial charge in [0, 0.05) is 13.1 Å². The maximum Gasteiger partial charge on any atom is 0.395 e. The van der Waals surface area contributed by atoms with Crippen molar-refractivity contribution in [2.45, 2.75) is 6.18 Å². The molecule has 1 amide bonds. The van der Waals surface area contributed by atoms with Gasteiger partial charge in [0.05, 0.1) is 5.92 Å². The monoisotopic (exact) mass is 153 g/mol. The zero-order valence-electron chi connectivity index (χ0n) is 5.06. The fourth-order valence-electron chi connectivity index (χ4n) is 0.806. The zero-order chi connectivity index (χ0) is 7.78. The molecule has 0 bridgehead atoms. The summed E-state index contributed by atoms with van der Waals surface area (Å²) < 4.78 is 35.0. The third-order valence-corrected chi connectivity index (χ3v) is 1.52. The van der Waals surface area contributed by atoms with Gasteiger partial charge in [-0.2, -0.15) is 13.2 Å². The average molecular weight is 153 g/mol. The molecule has 5 heteroatoms. The van der Waals surface area contributed by atoms with Crippen LogP contribution in [-0.2, 0) is 4.79 Å². The minimum absolute atomic E-state index is 0.174. The van der Waals surface area contributed by atoms with Crippen LogP contribution in [0, 0.1) is 5.92 Å². The fourth-order valence-corrected chi connectivity index (χ4v) is 0.806. The van der Waals surface area contributed by atoms with Crippen LogP contribution in [0.25, 0.3) is 0 Å². The molecule has 1 aliphatic rings. The lowest BCUT2D eigenvalue weighted by molar-refractivity contribution is -0.206. The molecule has 0 saturated carbocycles. The maximum atomic E-state index is 11.7. The van der Waals surface area contributed by atoms with E-state index >= 15 is 0 Å². The Labute approximate surface area is 55.6 Å². The van der Waals surface area contributed by atoms with Crippen LogP contribution in [0.4, 0.5) is 13.2 Å². The number of carbonyl (C=O) groups is 1. The number of alkyl halides is 3. The highest BCUT2D eigenvalue weighted by atomic mass is 19.4. The van der Waals surface area contributed by atoms with E-state index in [-0.39, 0.29) is 13.1 Å². The molecule has 0 aromatic heterocycles. The van der Waals surface area contributed by atoms with Crippen molar-refractivity contribution in [1.29, 1.82) is 0 Å². The molecular weight excluding hydrogens is 147 g/mol. The van der Waals surface area contributed by atoms with Crippen LogP contribution >= 0.6 is 0 Å². The highest BCUT2D eigenvalue weighted by Gasteiger charge is 2.46. The van der Waals surface area contributed by atoms with Gasteiger partial charge in [-0.15, -0.1) is 0 Å². The summed E-state index contributed by atoms with van der Waals surface area (Å²) >= 11 is 0. The lowest BCUT2D eigenvalue weighted by Crippen LogP contribution is -2.52. The maximum absolute atomic E-state index is 11.7. The number of rotatable bonds is 1. The van der Waals surface area contributed by atoms with Gasteiger partial charge in [0.2, 0.25) is 6.41 Å². The number of nitrogens with zero attached hydrogens (tertiary/aromatic N) is 1. The van der Waals surface area contributed by atoms with Crippen molar-refractivity contribution in [2.24, 2.45) is 5.92 Å². The first-order valence-electron chi connectivity index (χ1n) is 2.80. The second-order valence-electron chi connectivity index (χ2n) is 2.30. The molecule has 0 aromatic carbocycles. The minimum atomic E-state index is -4.13. The zero-order valence-corrected chi connectivity index (χ0v) is 5.06. The summed E-state index contributed by atoms with van der Waals surface area (Å²) in [6.45, 7) is -0.347. The van der Waals surface area contributed by atoms with Crippen molar-refractivity contribution in [1.82, 2.24) is 4.90 Å². The summed E-state index contributed by atoms with van der Waals surface area (Å²) in [5, 5.41) is 0. The van der Waals surface area contributed by atoms with Gasteiger partial charge < -0.3 is 4.90 Å². The Kier molecular flexibility index (Phi) is 1.58. The van der Waals surface area contributed by atoms with Crippen LogP contribution in [0.1, 0.15) is 0 Å². The van der Waals surface area contributed by atoms with E-state index in [0.717, 1.165) is 4.90 Å². The second-order valence-corrected chi connectivity index (χ2v) is 2.30. The van der Waals surface area contributed by atoms with Crippen LogP contribution in [0.2, 0.25) is 0 Å². The van der Waals surface area contributed by atoms with Crippen molar-refractivity contribution in [3.63, 3.8) is 0 Å². The molecule has 1 saturated heterocycles. The smallest absolute Gasteiger partial charge is 0.344 e. The fraction of sp³-hybridized carbons (Fsp3) is 0.800. The SMILES string of the molecule is O=CN1CC(C(F)(F)F)C1. The molecule has 2 nitrogen and oxygen atoms in total. The number of halogens is 3. The highest BCUT2D eigenvalue weighted by Crippen LogP contribution is 2.32. The third kappa shape index (κ3) is 1.22. The Bertz CT molecular complexity index is 138. The minimum Gasteiger partial charge on any atom is -0.344 e. The van der Waals surface area contributed by atoms with Crippen molar-refractivity contribution < 1.29 is 18.0 Å². The molecule has 0 radical (unpaired) electrons. The van der Waals surface area contributed by atoms with Gasteiger partial charge in [0.25, 0.3) is 0 Å². The van der Waals surface area contributed by atoms with Crippen LogP contribution in [0.15, 0.2) is 0 Å². The van der Waals surface area contributed by atoms with Gasteiger partial charge >= 0.3 is 6.18 Å². The molecule has 1 heterocycles. The molecule has 1 aliphatic heterocycles. The molecule has 1 rings (SSSR count). The number of carbonyl (C=O) groups excluding carboxylic acids is 1. The van der Waals surface area contributed by atoms with Crippen LogP contribution in [0.5, 0.6) is 0 Å². The predicted molar refractivity (Wildman–Crippen MR) is 27.2 cm³/mol. The summed E-state index contributed by atoms with van der Waals surface area (Å²) in [5.74, 6) is -1.29. The van der Waals surface area contributed by atoms with Crippen LogP contribution in [0.3, 0.4) is 0 Å². The Balaban J connectivity index is 2.32. The van der Waals surface area contributed by atoms with Gasteiger partial charge in [-0.3, -0.25) is 4.79 Å². The first-order valence-corrected chi connectivity index (χ1v) is 2.80. The largest absolute Gasteiger partial charge is 0.395 e. The van der Waals surface area contributed by atoms with Gasteiger partial charge in [-0.25, -0.2) is 0 Å². The van der Waals surface area contributed by atoms with Gasteiger partial charge in [-0.1, -0.05) is 0 Å². The molecule has 58 valence electrons. The molecule has 0 spiro atoms. The second kappa shape index (κ2) is 2.14. The van der Waals surface area contributed by atoms with E-state index in [9.17, 15) is 18.0 Å². The molecule has 0 aromatic rings. The molecule has 0 unspecified atom stereocenters. The number of amides is 1.